The van der Waals surface area contributed by atoms with Crippen molar-refractivity contribution >= 4 is 0 Å². The summed E-state index contributed by atoms with van der Waals surface area (Å²) in [5, 5.41) is 7.99. The second-order valence-electron chi connectivity index (χ2n) is 4.71. The predicted molar refractivity (Wildman–Crippen MR) is 67.3 cm³/mol. The summed E-state index contributed by atoms with van der Waals surface area (Å²) in [6.45, 7) is 9.97. The van der Waals surface area contributed by atoms with Gasteiger partial charge in [-0.3, -0.25) is 9.80 Å². The summed E-state index contributed by atoms with van der Waals surface area (Å²) in [6.07, 6.45) is 0. The molecule has 0 bridgehead atoms. The van der Waals surface area contributed by atoms with E-state index < -0.39 is 0 Å². The van der Waals surface area contributed by atoms with E-state index in [1.807, 2.05) is 6.92 Å². The fourth-order valence-electron chi connectivity index (χ4n) is 2.23. The Bertz CT molecular complexity index is 361. The monoisotopic (exact) mass is 254 g/mol. The second-order valence-corrected chi connectivity index (χ2v) is 4.71. The fourth-order valence-corrected chi connectivity index (χ4v) is 2.23. The number of hydrogen-bond acceptors (Lipinski definition) is 6. The van der Waals surface area contributed by atoms with Gasteiger partial charge in [0, 0.05) is 46.8 Å². The Morgan fingerprint density at radius 3 is 2.56 bits per heavy atom. The van der Waals surface area contributed by atoms with Crippen LogP contribution in [0.4, 0.5) is 0 Å². The molecular weight excluding hydrogens is 232 g/mol. The van der Waals surface area contributed by atoms with Crippen LogP contribution in [0, 0.1) is 6.92 Å². The van der Waals surface area contributed by atoms with Crippen LogP contribution < -0.4 is 0 Å². The molecule has 1 saturated heterocycles. The minimum atomic E-state index is 0.204. The number of nitrogens with zero attached hydrogens (tertiary/aromatic N) is 4. The molecule has 0 aliphatic carbocycles. The van der Waals surface area contributed by atoms with E-state index in [9.17, 15) is 0 Å². The van der Waals surface area contributed by atoms with Crippen molar-refractivity contribution in [2.24, 2.45) is 0 Å². The van der Waals surface area contributed by atoms with Gasteiger partial charge in [0.25, 0.3) is 0 Å². The molecule has 1 aliphatic heterocycles. The molecule has 0 amide bonds. The minimum Gasteiger partial charge on any atom is -0.424 e. The molecule has 0 spiro atoms. The van der Waals surface area contributed by atoms with E-state index in [0.29, 0.717) is 5.89 Å². The maximum Gasteiger partial charge on any atom is 0.233 e. The van der Waals surface area contributed by atoms with Crippen LogP contribution in [0.5, 0.6) is 0 Å². The fraction of sp³-hybridized carbons (Fsp3) is 0.833. The Labute approximate surface area is 108 Å². The van der Waals surface area contributed by atoms with E-state index in [0.717, 1.165) is 45.2 Å². The molecule has 6 nitrogen and oxygen atoms in total. The van der Waals surface area contributed by atoms with Crippen LogP contribution in [0.3, 0.4) is 0 Å². The third-order valence-electron chi connectivity index (χ3n) is 3.47. The Balaban J connectivity index is 1.82. The van der Waals surface area contributed by atoms with Crippen molar-refractivity contribution in [1.82, 2.24) is 20.0 Å². The summed E-state index contributed by atoms with van der Waals surface area (Å²) >= 11 is 0. The van der Waals surface area contributed by atoms with Crippen LogP contribution >= 0.6 is 0 Å². The molecule has 1 atom stereocenters. The van der Waals surface area contributed by atoms with Gasteiger partial charge >= 0.3 is 0 Å². The van der Waals surface area contributed by atoms with E-state index in [1.165, 1.54) is 0 Å². The van der Waals surface area contributed by atoms with Gasteiger partial charge in [-0.25, -0.2) is 0 Å². The van der Waals surface area contributed by atoms with Gasteiger partial charge in [0.05, 0.1) is 12.6 Å². The molecule has 0 saturated carbocycles. The third kappa shape index (κ3) is 3.28. The van der Waals surface area contributed by atoms with Crippen molar-refractivity contribution in [3.8, 4) is 0 Å². The number of aromatic nitrogens is 2. The highest BCUT2D eigenvalue weighted by atomic mass is 16.5. The van der Waals surface area contributed by atoms with Gasteiger partial charge in [0.1, 0.15) is 0 Å². The van der Waals surface area contributed by atoms with Crippen molar-refractivity contribution < 1.29 is 9.15 Å². The average molecular weight is 254 g/mol. The molecule has 1 aliphatic rings. The van der Waals surface area contributed by atoms with Crippen molar-refractivity contribution in [2.45, 2.75) is 19.9 Å². The molecule has 1 fully saturated rings. The highest BCUT2D eigenvalue weighted by molar-refractivity contribution is 4.89. The molecule has 0 aromatic carbocycles. The van der Waals surface area contributed by atoms with Gasteiger partial charge < -0.3 is 9.15 Å². The second kappa shape index (κ2) is 6.26. The average Bonchev–Trinajstić information content (AvgIpc) is 2.83. The van der Waals surface area contributed by atoms with Gasteiger partial charge in [-0.15, -0.1) is 10.2 Å². The summed E-state index contributed by atoms with van der Waals surface area (Å²) < 4.78 is 10.6. The zero-order valence-electron chi connectivity index (χ0n) is 11.4. The Morgan fingerprint density at radius 2 is 2.00 bits per heavy atom. The Hall–Kier alpha value is -0.980. The molecule has 1 aromatic rings. The molecule has 6 heteroatoms. The summed E-state index contributed by atoms with van der Waals surface area (Å²) in [5.41, 5.74) is 0. The normalized spacial score (nSPS) is 20.2. The number of methoxy groups -OCH3 is 1. The summed E-state index contributed by atoms with van der Waals surface area (Å²) in [5.74, 6) is 1.36. The quantitative estimate of drug-likeness (QED) is 0.771. The van der Waals surface area contributed by atoms with E-state index in [2.05, 4.69) is 26.9 Å². The first kappa shape index (κ1) is 13.5. The highest BCUT2D eigenvalue weighted by Crippen LogP contribution is 2.20. The SMILES string of the molecule is COCCN1CCN([C@H](C)c2nnc(C)o2)CC1. The third-order valence-corrected chi connectivity index (χ3v) is 3.47. The Morgan fingerprint density at radius 1 is 1.28 bits per heavy atom. The number of ether oxygens (including phenoxy) is 1. The van der Waals surface area contributed by atoms with Gasteiger partial charge in [-0.05, 0) is 6.92 Å². The summed E-state index contributed by atoms with van der Waals surface area (Å²) in [7, 11) is 1.75. The zero-order chi connectivity index (χ0) is 13.0. The van der Waals surface area contributed by atoms with E-state index in [4.69, 9.17) is 9.15 Å². The first-order chi connectivity index (χ1) is 8.70. The van der Waals surface area contributed by atoms with Crippen LogP contribution in [0.2, 0.25) is 0 Å². The molecular formula is C12H22N4O2. The summed E-state index contributed by atoms with van der Waals surface area (Å²) in [6, 6.07) is 0.204. The number of rotatable bonds is 5. The molecule has 0 N–H and O–H groups in total. The molecule has 0 radical (unpaired) electrons. The van der Waals surface area contributed by atoms with Crippen LogP contribution in [0.1, 0.15) is 24.7 Å². The van der Waals surface area contributed by atoms with Crippen molar-refractivity contribution in [3.63, 3.8) is 0 Å². The van der Waals surface area contributed by atoms with Crippen molar-refractivity contribution in [3.05, 3.63) is 11.8 Å². The topological polar surface area (TPSA) is 54.6 Å². The van der Waals surface area contributed by atoms with Crippen LogP contribution in [0.15, 0.2) is 4.42 Å². The standard InChI is InChI=1S/C12H22N4O2/c1-10(12-14-13-11(2)18-12)16-6-4-15(5-7-16)8-9-17-3/h10H,4-9H2,1-3H3/t10-/m1/s1. The molecule has 2 rings (SSSR count). The summed E-state index contributed by atoms with van der Waals surface area (Å²) in [4.78, 5) is 4.81. The highest BCUT2D eigenvalue weighted by Gasteiger charge is 2.24. The van der Waals surface area contributed by atoms with Crippen molar-refractivity contribution in [1.29, 1.82) is 0 Å². The lowest BCUT2D eigenvalue weighted by molar-refractivity contribution is 0.0713. The van der Waals surface area contributed by atoms with Crippen molar-refractivity contribution in [2.75, 3.05) is 46.4 Å². The maximum atomic E-state index is 5.49. The number of piperazine rings is 1. The van der Waals surface area contributed by atoms with E-state index >= 15 is 0 Å². The number of hydrogen-bond donors (Lipinski definition) is 0. The van der Waals surface area contributed by atoms with Gasteiger partial charge in [-0.1, -0.05) is 0 Å². The maximum absolute atomic E-state index is 5.49. The molecule has 0 unspecified atom stereocenters. The molecule has 1 aromatic heterocycles. The molecule has 102 valence electrons. The zero-order valence-corrected chi connectivity index (χ0v) is 11.4. The van der Waals surface area contributed by atoms with E-state index in [1.54, 1.807) is 7.11 Å². The Kier molecular flexibility index (Phi) is 4.68. The van der Waals surface area contributed by atoms with Crippen LogP contribution in [-0.4, -0.2) is 66.4 Å². The first-order valence-electron chi connectivity index (χ1n) is 6.46. The minimum absolute atomic E-state index is 0.204. The lowest BCUT2D eigenvalue weighted by Crippen LogP contribution is -2.47. The predicted octanol–water partition coefficient (Wildman–Crippen LogP) is 0.703. The van der Waals surface area contributed by atoms with Crippen LogP contribution in [-0.2, 0) is 4.74 Å². The van der Waals surface area contributed by atoms with Crippen LogP contribution in [0.25, 0.3) is 0 Å². The number of aryl methyl sites for hydroxylation is 1. The van der Waals surface area contributed by atoms with Gasteiger partial charge in [0.15, 0.2) is 0 Å². The van der Waals surface area contributed by atoms with E-state index in [-0.39, 0.29) is 6.04 Å². The van der Waals surface area contributed by atoms with Gasteiger partial charge in [-0.2, -0.15) is 0 Å². The molecule has 2 heterocycles. The largest absolute Gasteiger partial charge is 0.424 e. The van der Waals surface area contributed by atoms with Gasteiger partial charge in [0.2, 0.25) is 11.8 Å². The first-order valence-corrected chi connectivity index (χ1v) is 6.46. The lowest BCUT2D eigenvalue weighted by atomic mass is 10.2. The molecule has 18 heavy (non-hydrogen) atoms. The smallest absolute Gasteiger partial charge is 0.233 e. The lowest BCUT2D eigenvalue weighted by Gasteiger charge is -2.36.